The quantitative estimate of drug-likeness (QED) is 0.744. The van der Waals surface area contributed by atoms with Crippen LogP contribution < -0.4 is 5.32 Å². The SMILES string of the molecule is CC(C)N1Cc2ccnn2C(C(=O)NC2CC(F)(F)C2)C1.O=C(O)C(F)(F)F. The number of halogens is 5. The molecule has 7 nitrogen and oxygen atoms in total. The lowest BCUT2D eigenvalue weighted by molar-refractivity contribution is -0.192. The number of rotatable bonds is 3. The Morgan fingerprint density at radius 1 is 1.32 bits per heavy atom. The summed E-state index contributed by atoms with van der Waals surface area (Å²) in [5.74, 6) is -5.59. The van der Waals surface area contributed by atoms with Crippen molar-refractivity contribution in [2.75, 3.05) is 6.54 Å². The Bertz CT molecular complexity index is 711. The van der Waals surface area contributed by atoms with Crippen LogP contribution in [0.3, 0.4) is 0 Å². The first-order valence-electron chi connectivity index (χ1n) is 8.55. The molecule has 1 fully saturated rings. The van der Waals surface area contributed by atoms with Gasteiger partial charge in [0.25, 0.3) is 5.92 Å². The lowest BCUT2D eigenvalue weighted by Gasteiger charge is -2.39. The number of alkyl halides is 5. The van der Waals surface area contributed by atoms with Crippen molar-refractivity contribution >= 4 is 11.9 Å². The summed E-state index contributed by atoms with van der Waals surface area (Å²) < 4.78 is 59.2. The predicted octanol–water partition coefficient (Wildman–Crippen LogP) is 2.20. The van der Waals surface area contributed by atoms with Crippen LogP contribution in [-0.2, 0) is 16.1 Å². The van der Waals surface area contributed by atoms with Gasteiger partial charge in [-0.1, -0.05) is 0 Å². The summed E-state index contributed by atoms with van der Waals surface area (Å²) in [4.78, 5) is 23.5. The van der Waals surface area contributed by atoms with Crippen LogP contribution >= 0.6 is 0 Å². The number of carbonyl (C=O) groups excluding carboxylic acids is 1. The van der Waals surface area contributed by atoms with Gasteiger partial charge < -0.3 is 10.4 Å². The van der Waals surface area contributed by atoms with E-state index < -0.39 is 30.2 Å². The lowest BCUT2D eigenvalue weighted by Crippen LogP contribution is -2.54. The maximum atomic E-state index is 12.9. The predicted molar refractivity (Wildman–Crippen MR) is 86.6 cm³/mol. The molecular weight excluding hydrogens is 391 g/mol. The highest BCUT2D eigenvalue weighted by Crippen LogP contribution is 2.37. The third kappa shape index (κ3) is 5.40. The molecule has 1 aliphatic heterocycles. The number of nitrogens with one attached hydrogen (secondary N) is 1. The van der Waals surface area contributed by atoms with Gasteiger partial charge in [0.05, 0.1) is 5.69 Å². The summed E-state index contributed by atoms with van der Waals surface area (Å²) in [6.45, 7) is 5.46. The van der Waals surface area contributed by atoms with Gasteiger partial charge in [0.15, 0.2) is 0 Å². The maximum Gasteiger partial charge on any atom is 0.490 e. The number of aliphatic carboxylic acids is 1. The van der Waals surface area contributed by atoms with E-state index in [1.807, 2.05) is 6.07 Å². The van der Waals surface area contributed by atoms with Gasteiger partial charge in [-0.15, -0.1) is 0 Å². The minimum absolute atomic E-state index is 0.217. The highest BCUT2D eigenvalue weighted by Gasteiger charge is 2.47. The van der Waals surface area contributed by atoms with Crippen molar-refractivity contribution in [3.63, 3.8) is 0 Å². The molecule has 2 N–H and O–H groups in total. The fourth-order valence-electron chi connectivity index (χ4n) is 2.97. The van der Waals surface area contributed by atoms with E-state index in [4.69, 9.17) is 9.90 Å². The Morgan fingerprint density at radius 3 is 2.36 bits per heavy atom. The molecule has 0 aromatic carbocycles. The minimum Gasteiger partial charge on any atom is -0.475 e. The monoisotopic (exact) mass is 412 g/mol. The largest absolute Gasteiger partial charge is 0.490 e. The number of hydrogen-bond acceptors (Lipinski definition) is 4. The number of carbonyl (C=O) groups is 2. The van der Waals surface area contributed by atoms with Crippen LogP contribution in [0.15, 0.2) is 12.3 Å². The minimum atomic E-state index is -5.08. The van der Waals surface area contributed by atoms with Crippen LogP contribution in [0.2, 0.25) is 0 Å². The van der Waals surface area contributed by atoms with Gasteiger partial charge >= 0.3 is 12.1 Å². The number of hydrogen-bond donors (Lipinski definition) is 2. The molecule has 0 spiro atoms. The third-order valence-electron chi connectivity index (χ3n) is 4.53. The van der Waals surface area contributed by atoms with Crippen LogP contribution in [0.5, 0.6) is 0 Å². The highest BCUT2D eigenvalue weighted by atomic mass is 19.4. The van der Waals surface area contributed by atoms with E-state index in [1.54, 1.807) is 10.9 Å². The fraction of sp³-hybridized carbons (Fsp3) is 0.688. The second-order valence-electron chi connectivity index (χ2n) is 7.08. The van der Waals surface area contributed by atoms with Gasteiger partial charge in [0.1, 0.15) is 6.04 Å². The molecule has 1 unspecified atom stereocenters. The zero-order valence-corrected chi connectivity index (χ0v) is 15.2. The summed E-state index contributed by atoms with van der Waals surface area (Å²) in [7, 11) is 0. The Hall–Kier alpha value is -2.24. The van der Waals surface area contributed by atoms with E-state index in [1.165, 1.54) is 0 Å². The van der Waals surface area contributed by atoms with Crippen LogP contribution in [0, 0.1) is 0 Å². The molecule has 158 valence electrons. The molecular formula is C16H21F5N4O3. The first-order chi connectivity index (χ1) is 12.8. The summed E-state index contributed by atoms with van der Waals surface area (Å²) in [6.07, 6.45) is -3.92. The summed E-state index contributed by atoms with van der Waals surface area (Å²) >= 11 is 0. The summed E-state index contributed by atoms with van der Waals surface area (Å²) in [5, 5.41) is 14.1. The van der Waals surface area contributed by atoms with Gasteiger partial charge in [-0.05, 0) is 19.9 Å². The second-order valence-corrected chi connectivity index (χ2v) is 7.08. The van der Waals surface area contributed by atoms with E-state index in [9.17, 15) is 26.7 Å². The number of aromatic nitrogens is 2. The van der Waals surface area contributed by atoms with Crippen LogP contribution in [-0.4, -0.2) is 62.4 Å². The molecule has 1 aromatic rings. The van der Waals surface area contributed by atoms with Crippen molar-refractivity contribution < 1.29 is 36.6 Å². The van der Waals surface area contributed by atoms with Crippen molar-refractivity contribution in [1.82, 2.24) is 20.0 Å². The van der Waals surface area contributed by atoms with E-state index >= 15 is 0 Å². The molecule has 1 atom stereocenters. The molecule has 0 saturated heterocycles. The first-order valence-corrected chi connectivity index (χ1v) is 8.55. The van der Waals surface area contributed by atoms with Crippen LogP contribution in [0.4, 0.5) is 22.0 Å². The standard InChI is InChI=1S/C14H20F2N4O.C2HF3O2/c1-9(2)19-7-11-3-4-17-20(11)12(8-19)13(21)18-10-5-14(15,16)6-10;3-2(4,5)1(6)7/h3-4,9-10,12H,5-8H2,1-2H3,(H,18,21);(H,6,7). The zero-order chi connectivity index (χ0) is 21.3. The summed E-state index contributed by atoms with van der Waals surface area (Å²) in [6, 6.07) is 1.35. The number of carboxylic acids is 1. The lowest BCUT2D eigenvalue weighted by atomic mass is 9.88. The molecule has 28 heavy (non-hydrogen) atoms. The number of carboxylic acid groups (broad SMARTS) is 1. The van der Waals surface area contributed by atoms with Crippen molar-refractivity contribution in [2.24, 2.45) is 0 Å². The maximum absolute atomic E-state index is 12.9. The van der Waals surface area contributed by atoms with Crippen molar-refractivity contribution in [1.29, 1.82) is 0 Å². The molecule has 0 bridgehead atoms. The average Bonchev–Trinajstić information content (AvgIpc) is 3.00. The molecule has 1 saturated carbocycles. The highest BCUT2D eigenvalue weighted by molar-refractivity contribution is 5.81. The molecule has 1 amide bonds. The fourth-order valence-corrected chi connectivity index (χ4v) is 2.97. The zero-order valence-electron chi connectivity index (χ0n) is 15.2. The van der Waals surface area contributed by atoms with Gasteiger partial charge in [0, 0.05) is 44.2 Å². The van der Waals surface area contributed by atoms with E-state index in [0.29, 0.717) is 12.6 Å². The molecule has 3 rings (SSSR count). The topological polar surface area (TPSA) is 87.5 Å². The molecule has 12 heteroatoms. The van der Waals surface area contributed by atoms with Crippen molar-refractivity contribution in [3.8, 4) is 0 Å². The smallest absolute Gasteiger partial charge is 0.475 e. The number of fused-ring (bicyclic) bond motifs is 1. The van der Waals surface area contributed by atoms with Crippen molar-refractivity contribution in [2.45, 2.75) is 63.5 Å². The van der Waals surface area contributed by atoms with E-state index in [0.717, 1.165) is 12.2 Å². The Labute approximate surface area is 157 Å². The number of amides is 1. The Balaban J connectivity index is 0.000000345. The third-order valence-corrected chi connectivity index (χ3v) is 4.53. The van der Waals surface area contributed by atoms with Crippen LogP contribution in [0.25, 0.3) is 0 Å². The van der Waals surface area contributed by atoms with Gasteiger partial charge in [-0.3, -0.25) is 14.4 Å². The second kappa shape index (κ2) is 8.02. The molecule has 2 heterocycles. The average molecular weight is 412 g/mol. The Morgan fingerprint density at radius 2 is 1.89 bits per heavy atom. The molecule has 0 radical (unpaired) electrons. The van der Waals surface area contributed by atoms with E-state index in [-0.39, 0.29) is 18.7 Å². The van der Waals surface area contributed by atoms with Crippen molar-refractivity contribution in [3.05, 3.63) is 18.0 Å². The van der Waals surface area contributed by atoms with Gasteiger partial charge in [-0.2, -0.15) is 18.3 Å². The normalized spacial score (nSPS) is 21.9. The Kier molecular flexibility index (Phi) is 6.31. The van der Waals surface area contributed by atoms with E-state index in [2.05, 4.69) is 29.2 Å². The molecule has 1 aliphatic carbocycles. The van der Waals surface area contributed by atoms with Gasteiger partial charge in [0.2, 0.25) is 5.91 Å². The summed E-state index contributed by atoms with van der Waals surface area (Å²) in [5.41, 5.74) is 0.981. The molecule has 1 aromatic heterocycles. The molecule has 2 aliphatic rings. The van der Waals surface area contributed by atoms with Gasteiger partial charge in [-0.25, -0.2) is 13.6 Å². The number of nitrogens with zero attached hydrogens (tertiary/aromatic N) is 3. The first kappa shape index (κ1) is 22.1. The van der Waals surface area contributed by atoms with Crippen LogP contribution in [0.1, 0.15) is 38.4 Å².